The van der Waals surface area contributed by atoms with Gasteiger partial charge >= 0.3 is 5.97 Å². The third-order valence-electron chi connectivity index (χ3n) is 3.46. The standard InChI is InChI=1S/C18H29NO4/c1-5-12-21-16(6-2)17(14(4)22-18(20)13(3)19)23-15-10-8-7-9-11-15/h7-11,13-14,16-17H,5-6,12,19H2,1-4H3/t13-,14+,16+,17+/m1/s1. The highest BCUT2D eigenvalue weighted by atomic mass is 16.6. The Kier molecular flexibility index (Phi) is 8.66. The first kappa shape index (κ1) is 19.5. The first-order chi connectivity index (χ1) is 11.0. The predicted molar refractivity (Wildman–Crippen MR) is 90.4 cm³/mol. The highest BCUT2D eigenvalue weighted by Gasteiger charge is 2.31. The van der Waals surface area contributed by atoms with Crippen LogP contribution in [0.1, 0.15) is 40.5 Å². The van der Waals surface area contributed by atoms with Gasteiger partial charge in [0.2, 0.25) is 0 Å². The van der Waals surface area contributed by atoms with Gasteiger partial charge in [0.15, 0.2) is 6.10 Å². The predicted octanol–water partition coefficient (Wildman–Crippen LogP) is 2.92. The second-order valence-electron chi connectivity index (χ2n) is 5.64. The van der Waals surface area contributed by atoms with Crippen molar-refractivity contribution in [2.45, 2.75) is 64.9 Å². The molecule has 0 aliphatic heterocycles. The van der Waals surface area contributed by atoms with Crippen molar-refractivity contribution >= 4 is 5.97 Å². The second kappa shape index (κ2) is 10.2. The minimum atomic E-state index is -0.661. The van der Waals surface area contributed by atoms with Gasteiger partial charge in [0, 0.05) is 6.61 Å². The van der Waals surface area contributed by atoms with Gasteiger partial charge in [-0.15, -0.1) is 0 Å². The number of esters is 1. The highest BCUT2D eigenvalue weighted by molar-refractivity contribution is 5.75. The molecule has 0 saturated heterocycles. The fourth-order valence-electron chi connectivity index (χ4n) is 2.20. The molecule has 0 radical (unpaired) electrons. The van der Waals surface area contributed by atoms with Crippen molar-refractivity contribution in [3.63, 3.8) is 0 Å². The van der Waals surface area contributed by atoms with E-state index in [1.54, 1.807) is 6.92 Å². The monoisotopic (exact) mass is 323 g/mol. The normalized spacial score (nSPS) is 16.2. The molecule has 5 nitrogen and oxygen atoms in total. The summed E-state index contributed by atoms with van der Waals surface area (Å²) in [7, 11) is 0. The van der Waals surface area contributed by atoms with E-state index in [2.05, 4.69) is 6.92 Å². The van der Waals surface area contributed by atoms with E-state index in [1.165, 1.54) is 0 Å². The molecule has 23 heavy (non-hydrogen) atoms. The number of hydrogen-bond acceptors (Lipinski definition) is 5. The second-order valence-corrected chi connectivity index (χ2v) is 5.64. The molecule has 0 amide bonds. The van der Waals surface area contributed by atoms with Crippen LogP contribution in [0.2, 0.25) is 0 Å². The molecular weight excluding hydrogens is 294 g/mol. The zero-order chi connectivity index (χ0) is 17.2. The lowest BCUT2D eigenvalue weighted by atomic mass is 10.1. The lowest BCUT2D eigenvalue weighted by Crippen LogP contribution is -2.46. The van der Waals surface area contributed by atoms with E-state index in [-0.39, 0.29) is 6.10 Å². The van der Waals surface area contributed by atoms with Gasteiger partial charge in [0.1, 0.15) is 17.9 Å². The van der Waals surface area contributed by atoms with Crippen LogP contribution in [0.4, 0.5) is 0 Å². The molecule has 0 saturated carbocycles. The minimum Gasteiger partial charge on any atom is -0.484 e. The van der Waals surface area contributed by atoms with Crippen molar-refractivity contribution in [1.29, 1.82) is 0 Å². The zero-order valence-electron chi connectivity index (χ0n) is 14.5. The van der Waals surface area contributed by atoms with Crippen LogP contribution in [0.3, 0.4) is 0 Å². The van der Waals surface area contributed by atoms with E-state index in [4.69, 9.17) is 19.9 Å². The summed E-state index contributed by atoms with van der Waals surface area (Å²) in [6.07, 6.45) is 0.665. The van der Waals surface area contributed by atoms with Crippen LogP contribution in [0.5, 0.6) is 5.75 Å². The van der Waals surface area contributed by atoms with Gasteiger partial charge in [-0.25, -0.2) is 0 Å². The van der Waals surface area contributed by atoms with Crippen LogP contribution < -0.4 is 10.5 Å². The Morgan fingerprint density at radius 3 is 2.35 bits per heavy atom. The molecule has 1 aromatic rings. The number of benzene rings is 1. The number of carbonyl (C=O) groups is 1. The summed E-state index contributed by atoms with van der Waals surface area (Å²) in [4.78, 5) is 11.8. The van der Waals surface area contributed by atoms with Crippen molar-refractivity contribution in [2.75, 3.05) is 6.61 Å². The molecule has 130 valence electrons. The molecule has 0 heterocycles. The average Bonchev–Trinajstić information content (AvgIpc) is 2.55. The number of carbonyl (C=O) groups excluding carboxylic acids is 1. The molecule has 0 fully saturated rings. The van der Waals surface area contributed by atoms with E-state index in [1.807, 2.05) is 44.2 Å². The molecule has 1 aromatic carbocycles. The number of ether oxygens (including phenoxy) is 3. The van der Waals surface area contributed by atoms with E-state index in [0.717, 1.165) is 18.6 Å². The van der Waals surface area contributed by atoms with Crippen molar-refractivity contribution in [3.8, 4) is 5.75 Å². The molecule has 4 atom stereocenters. The van der Waals surface area contributed by atoms with Crippen molar-refractivity contribution in [3.05, 3.63) is 30.3 Å². The number of rotatable bonds is 10. The van der Waals surface area contributed by atoms with Gasteiger partial charge in [-0.3, -0.25) is 4.79 Å². The first-order valence-corrected chi connectivity index (χ1v) is 8.28. The lowest BCUT2D eigenvalue weighted by Gasteiger charge is -2.31. The van der Waals surface area contributed by atoms with E-state index < -0.39 is 24.2 Å². The van der Waals surface area contributed by atoms with Gasteiger partial charge in [0.05, 0.1) is 6.10 Å². The van der Waals surface area contributed by atoms with Gasteiger partial charge in [-0.05, 0) is 38.8 Å². The molecule has 0 aliphatic carbocycles. The van der Waals surface area contributed by atoms with Crippen LogP contribution in [0, 0.1) is 0 Å². The Morgan fingerprint density at radius 1 is 1.17 bits per heavy atom. The van der Waals surface area contributed by atoms with Crippen molar-refractivity contribution in [2.24, 2.45) is 5.73 Å². The molecule has 0 aliphatic rings. The Bertz CT molecular complexity index is 450. The Morgan fingerprint density at radius 2 is 1.83 bits per heavy atom. The maximum absolute atomic E-state index is 11.8. The summed E-state index contributed by atoms with van der Waals surface area (Å²) < 4.78 is 17.4. The molecule has 2 N–H and O–H groups in total. The largest absolute Gasteiger partial charge is 0.484 e. The smallest absolute Gasteiger partial charge is 0.323 e. The zero-order valence-corrected chi connectivity index (χ0v) is 14.5. The van der Waals surface area contributed by atoms with E-state index >= 15 is 0 Å². The first-order valence-electron chi connectivity index (χ1n) is 8.28. The third kappa shape index (κ3) is 6.59. The van der Waals surface area contributed by atoms with Crippen LogP contribution >= 0.6 is 0 Å². The summed E-state index contributed by atoms with van der Waals surface area (Å²) >= 11 is 0. The van der Waals surface area contributed by atoms with Crippen molar-refractivity contribution in [1.82, 2.24) is 0 Å². The summed E-state index contributed by atoms with van der Waals surface area (Å²) in [5.74, 6) is 0.282. The topological polar surface area (TPSA) is 70.8 Å². The number of hydrogen-bond donors (Lipinski definition) is 1. The molecule has 0 aromatic heterocycles. The summed E-state index contributed by atoms with van der Waals surface area (Å²) in [6.45, 7) is 8.14. The SMILES string of the molecule is CCCO[C@@H](CC)[C@@H](Oc1ccccc1)[C@H](C)OC(=O)[C@@H](C)N. The van der Waals surface area contributed by atoms with Crippen molar-refractivity contribution < 1.29 is 19.0 Å². The van der Waals surface area contributed by atoms with Crippen LogP contribution in [0.25, 0.3) is 0 Å². The third-order valence-corrected chi connectivity index (χ3v) is 3.46. The molecular formula is C18H29NO4. The molecule has 0 unspecified atom stereocenters. The van der Waals surface area contributed by atoms with Gasteiger partial charge in [-0.2, -0.15) is 0 Å². The molecule has 0 spiro atoms. The van der Waals surface area contributed by atoms with Gasteiger partial charge in [-0.1, -0.05) is 32.0 Å². The number of para-hydroxylation sites is 1. The van der Waals surface area contributed by atoms with Gasteiger partial charge < -0.3 is 19.9 Å². The van der Waals surface area contributed by atoms with Gasteiger partial charge in [0.25, 0.3) is 0 Å². The molecule has 0 bridgehead atoms. The summed E-state index contributed by atoms with van der Waals surface area (Å²) in [6, 6.07) is 8.81. The molecule has 1 rings (SSSR count). The van der Waals surface area contributed by atoms with Crippen LogP contribution in [0.15, 0.2) is 30.3 Å². The molecule has 5 heteroatoms. The maximum atomic E-state index is 11.8. The summed E-state index contributed by atoms with van der Waals surface area (Å²) in [5.41, 5.74) is 5.58. The van der Waals surface area contributed by atoms with E-state index in [0.29, 0.717) is 6.61 Å². The minimum absolute atomic E-state index is 0.161. The number of nitrogens with two attached hydrogens (primary N) is 1. The quantitative estimate of drug-likeness (QED) is 0.670. The van der Waals surface area contributed by atoms with E-state index in [9.17, 15) is 4.79 Å². The average molecular weight is 323 g/mol. The Labute approximate surface area is 139 Å². The maximum Gasteiger partial charge on any atom is 0.323 e. The van der Waals surface area contributed by atoms with Crippen LogP contribution in [-0.4, -0.2) is 36.9 Å². The fraction of sp³-hybridized carbons (Fsp3) is 0.611. The Balaban J connectivity index is 2.87. The highest BCUT2D eigenvalue weighted by Crippen LogP contribution is 2.20. The summed E-state index contributed by atoms with van der Waals surface area (Å²) in [5, 5.41) is 0. The fourth-order valence-corrected chi connectivity index (χ4v) is 2.20. The van der Waals surface area contributed by atoms with Crippen LogP contribution in [-0.2, 0) is 14.3 Å². The lowest BCUT2D eigenvalue weighted by molar-refractivity contribution is -0.159. The Hall–Kier alpha value is -1.59.